The summed E-state index contributed by atoms with van der Waals surface area (Å²) in [6.45, 7) is 0. The highest BCUT2D eigenvalue weighted by molar-refractivity contribution is 6.05. The lowest BCUT2D eigenvalue weighted by Crippen LogP contribution is -2.34. The highest BCUT2D eigenvalue weighted by atomic mass is 35.5. The van der Waals surface area contributed by atoms with E-state index in [9.17, 15) is 9.59 Å². The van der Waals surface area contributed by atoms with Crippen molar-refractivity contribution in [2.75, 3.05) is 24.9 Å². The zero-order valence-electron chi connectivity index (χ0n) is 17.1. The molecule has 0 heterocycles. The molecule has 8 heteroatoms. The Balaban J connectivity index is 0.00000320. The molecule has 2 aromatic rings. The molecule has 7 nitrogen and oxygen atoms in total. The van der Waals surface area contributed by atoms with Gasteiger partial charge in [0.15, 0.2) is 0 Å². The number of anilines is 2. The number of methoxy groups -OCH3 is 2. The van der Waals surface area contributed by atoms with Gasteiger partial charge < -0.3 is 25.8 Å². The summed E-state index contributed by atoms with van der Waals surface area (Å²) in [6.07, 6.45) is 3.40. The second-order valence-corrected chi connectivity index (χ2v) is 7.19. The van der Waals surface area contributed by atoms with E-state index in [-0.39, 0.29) is 36.2 Å². The van der Waals surface area contributed by atoms with Crippen LogP contribution >= 0.6 is 12.4 Å². The normalized spacial score (nSPS) is 18.0. The number of nitrogens with two attached hydrogens (primary N) is 1. The Morgan fingerprint density at radius 1 is 0.967 bits per heavy atom. The van der Waals surface area contributed by atoms with Gasteiger partial charge in [-0.3, -0.25) is 9.59 Å². The number of carbonyl (C=O) groups excluding carboxylic acids is 2. The molecule has 1 fully saturated rings. The predicted molar refractivity (Wildman–Crippen MR) is 120 cm³/mol. The van der Waals surface area contributed by atoms with Crippen LogP contribution in [0, 0.1) is 5.92 Å². The van der Waals surface area contributed by atoms with Crippen LogP contribution in [-0.2, 0) is 4.79 Å². The molecular weight excluding hydrogens is 406 g/mol. The molecule has 1 aliphatic carbocycles. The fourth-order valence-corrected chi connectivity index (χ4v) is 3.58. The van der Waals surface area contributed by atoms with Gasteiger partial charge in [0.05, 0.1) is 25.6 Å². The Bertz CT molecular complexity index is 876. The molecule has 0 saturated heterocycles. The minimum absolute atomic E-state index is 0. The Kier molecular flexibility index (Phi) is 8.50. The zero-order chi connectivity index (χ0) is 20.8. The molecule has 0 bridgehead atoms. The van der Waals surface area contributed by atoms with Crippen LogP contribution in [0.3, 0.4) is 0 Å². The largest absolute Gasteiger partial charge is 0.494 e. The molecule has 1 aliphatic rings. The van der Waals surface area contributed by atoms with Crippen molar-refractivity contribution in [2.45, 2.75) is 31.7 Å². The summed E-state index contributed by atoms with van der Waals surface area (Å²) in [7, 11) is 3.02. The highest BCUT2D eigenvalue weighted by Gasteiger charge is 2.26. The van der Waals surface area contributed by atoms with Gasteiger partial charge in [0.1, 0.15) is 11.5 Å². The monoisotopic (exact) mass is 433 g/mol. The van der Waals surface area contributed by atoms with Crippen LogP contribution in [0.5, 0.6) is 11.5 Å². The predicted octanol–water partition coefficient (Wildman–Crippen LogP) is 3.83. The lowest BCUT2D eigenvalue weighted by atomic mass is 9.85. The first-order valence-electron chi connectivity index (χ1n) is 9.70. The van der Waals surface area contributed by atoms with E-state index in [0.29, 0.717) is 34.9 Å². The molecular formula is C22H28ClN3O4. The Morgan fingerprint density at radius 3 is 2.13 bits per heavy atom. The Morgan fingerprint density at radius 2 is 1.57 bits per heavy atom. The van der Waals surface area contributed by atoms with Crippen LogP contribution in [0.25, 0.3) is 0 Å². The van der Waals surface area contributed by atoms with Crippen LogP contribution in [0.1, 0.15) is 36.0 Å². The molecule has 0 aliphatic heterocycles. The van der Waals surface area contributed by atoms with Crippen molar-refractivity contribution in [3.8, 4) is 11.5 Å². The number of nitrogens with one attached hydrogen (secondary N) is 2. The fraction of sp³-hybridized carbons (Fsp3) is 0.364. The van der Waals surface area contributed by atoms with E-state index in [4.69, 9.17) is 15.2 Å². The van der Waals surface area contributed by atoms with E-state index in [1.165, 1.54) is 14.2 Å². The number of hydrogen-bond acceptors (Lipinski definition) is 5. The third-order valence-corrected chi connectivity index (χ3v) is 5.15. The van der Waals surface area contributed by atoms with Crippen molar-refractivity contribution in [3.05, 3.63) is 48.0 Å². The summed E-state index contributed by atoms with van der Waals surface area (Å²) in [6, 6.07) is 12.2. The van der Waals surface area contributed by atoms with Gasteiger partial charge in [-0.15, -0.1) is 12.4 Å². The SMILES string of the molecule is COc1cc(NC(=O)C2CCCC(N)C2)c(OC)cc1NC(=O)c1ccccc1.Cl. The first kappa shape index (κ1) is 23.5. The van der Waals surface area contributed by atoms with E-state index in [2.05, 4.69) is 10.6 Å². The second-order valence-electron chi connectivity index (χ2n) is 7.19. The molecule has 0 spiro atoms. The first-order chi connectivity index (χ1) is 14.0. The molecule has 2 unspecified atom stereocenters. The standard InChI is InChI=1S/C22H27N3O4.ClH/c1-28-19-13-18(25-22(27)15-9-6-10-16(23)11-15)20(29-2)12-17(19)24-21(26)14-7-4-3-5-8-14;/h3-5,7-8,12-13,15-16H,6,9-11,23H2,1-2H3,(H,24,26)(H,25,27);1H. The maximum Gasteiger partial charge on any atom is 0.255 e. The lowest BCUT2D eigenvalue weighted by molar-refractivity contribution is -0.120. The first-order valence-corrected chi connectivity index (χ1v) is 9.70. The van der Waals surface area contributed by atoms with E-state index in [0.717, 1.165) is 19.3 Å². The second kappa shape index (κ2) is 10.8. The number of amides is 2. The van der Waals surface area contributed by atoms with Gasteiger partial charge in [-0.2, -0.15) is 0 Å². The molecule has 2 atom stereocenters. The maximum absolute atomic E-state index is 12.7. The van der Waals surface area contributed by atoms with Gasteiger partial charge in [0, 0.05) is 29.7 Å². The summed E-state index contributed by atoms with van der Waals surface area (Å²) in [4.78, 5) is 25.2. The summed E-state index contributed by atoms with van der Waals surface area (Å²) >= 11 is 0. The summed E-state index contributed by atoms with van der Waals surface area (Å²) in [5.74, 6) is 0.390. The summed E-state index contributed by atoms with van der Waals surface area (Å²) in [5.41, 5.74) is 7.48. The topological polar surface area (TPSA) is 103 Å². The average Bonchev–Trinajstić information content (AvgIpc) is 2.74. The highest BCUT2D eigenvalue weighted by Crippen LogP contribution is 2.37. The maximum atomic E-state index is 12.7. The summed E-state index contributed by atoms with van der Waals surface area (Å²) in [5, 5.41) is 5.76. The molecule has 2 amide bonds. The quantitative estimate of drug-likeness (QED) is 0.642. The van der Waals surface area contributed by atoms with Crippen molar-refractivity contribution < 1.29 is 19.1 Å². The minimum atomic E-state index is -0.265. The number of hydrogen-bond donors (Lipinski definition) is 3. The van der Waals surface area contributed by atoms with Gasteiger partial charge >= 0.3 is 0 Å². The molecule has 30 heavy (non-hydrogen) atoms. The van der Waals surface area contributed by atoms with Gasteiger partial charge in [-0.05, 0) is 31.4 Å². The van der Waals surface area contributed by atoms with Crippen molar-refractivity contribution in [2.24, 2.45) is 11.7 Å². The van der Waals surface area contributed by atoms with Crippen molar-refractivity contribution in [3.63, 3.8) is 0 Å². The Labute approximate surface area is 182 Å². The van der Waals surface area contributed by atoms with Crippen LogP contribution in [0.15, 0.2) is 42.5 Å². The number of carbonyl (C=O) groups is 2. The molecule has 4 N–H and O–H groups in total. The zero-order valence-corrected chi connectivity index (χ0v) is 18.0. The van der Waals surface area contributed by atoms with Gasteiger partial charge in [0.25, 0.3) is 5.91 Å². The fourth-order valence-electron chi connectivity index (χ4n) is 3.58. The number of rotatable bonds is 6. The third-order valence-electron chi connectivity index (χ3n) is 5.15. The number of halogens is 1. The number of ether oxygens (including phenoxy) is 2. The minimum Gasteiger partial charge on any atom is -0.494 e. The summed E-state index contributed by atoms with van der Waals surface area (Å²) < 4.78 is 10.9. The molecule has 162 valence electrons. The smallest absolute Gasteiger partial charge is 0.255 e. The Hall–Kier alpha value is -2.77. The van der Waals surface area contributed by atoms with Crippen LogP contribution in [-0.4, -0.2) is 32.1 Å². The molecule has 0 radical (unpaired) electrons. The van der Waals surface area contributed by atoms with Crippen LogP contribution in [0.4, 0.5) is 11.4 Å². The van der Waals surface area contributed by atoms with E-state index >= 15 is 0 Å². The van der Waals surface area contributed by atoms with E-state index < -0.39 is 0 Å². The van der Waals surface area contributed by atoms with Gasteiger partial charge in [0.2, 0.25) is 5.91 Å². The van der Waals surface area contributed by atoms with Crippen molar-refractivity contribution in [1.82, 2.24) is 0 Å². The van der Waals surface area contributed by atoms with Crippen molar-refractivity contribution in [1.29, 1.82) is 0 Å². The van der Waals surface area contributed by atoms with Gasteiger partial charge in [-0.1, -0.05) is 24.6 Å². The van der Waals surface area contributed by atoms with E-state index in [1.54, 1.807) is 36.4 Å². The number of benzene rings is 2. The van der Waals surface area contributed by atoms with Crippen LogP contribution in [0.2, 0.25) is 0 Å². The van der Waals surface area contributed by atoms with E-state index in [1.807, 2.05) is 6.07 Å². The van der Waals surface area contributed by atoms with Gasteiger partial charge in [-0.25, -0.2) is 0 Å². The average molecular weight is 434 g/mol. The van der Waals surface area contributed by atoms with Crippen LogP contribution < -0.4 is 25.8 Å². The van der Waals surface area contributed by atoms with Crippen molar-refractivity contribution >= 4 is 35.6 Å². The lowest BCUT2D eigenvalue weighted by Gasteiger charge is -2.26. The molecule has 2 aromatic carbocycles. The third kappa shape index (κ3) is 5.64. The molecule has 1 saturated carbocycles. The molecule has 0 aromatic heterocycles. The molecule has 3 rings (SSSR count).